The van der Waals surface area contributed by atoms with Crippen molar-refractivity contribution in [3.63, 3.8) is 0 Å². The Hall–Kier alpha value is -1.46. The molecular formula is C15H18FN3S. The van der Waals surface area contributed by atoms with E-state index in [1.165, 1.54) is 10.4 Å². The molecule has 106 valence electrons. The van der Waals surface area contributed by atoms with E-state index in [1.807, 2.05) is 18.3 Å². The summed E-state index contributed by atoms with van der Waals surface area (Å²) in [6, 6.07) is 6.91. The number of anilines is 1. The maximum absolute atomic E-state index is 13.0. The number of hydrogen-bond acceptors (Lipinski definition) is 4. The average molecular weight is 291 g/mol. The highest BCUT2D eigenvalue weighted by Gasteiger charge is 2.35. The fourth-order valence-electron chi connectivity index (χ4n) is 2.90. The maximum atomic E-state index is 13.0. The van der Waals surface area contributed by atoms with Crippen molar-refractivity contribution in [2.75, 3.05) is 18.8 Å². The molecule has 1 saturated heterocycles. The van der Waals surface area contributed by atoms with Gasteiger partial charge in [-0.25, -0.2) is 9.37 Å². The van der Waals surface area contributed by atoms with Gasteiger partial charge >= 0.3 is 0 Å². The standard InChI is InChI=1S/C15H18FN3S/c1-15(11-2-4-12(16)5-3-11)6-7-19(10-15)9-13-8-18-14(17)20-13/h2-5,8H,6-7,9-10H2,1H3,(H2,17,18). The van der Waals surface area contributed by atoms with E-state index in [9.17, 15) is 4.39 Å². The van der Waals surface area contributed by atoms with Crippen LogP contribution < -0.4 is 5.73 Å². The van der Waals surface area contributed by atoms with Gasteiger partial charge in [-0.2, -0.15) is 0 Å². The summed E-state index contributed by atoms with van der Waals surface area (Å²) in [7, 11) is 0. The Labute approximate surface area is 122 Å². The van der Waals surface area contributed by atoms with Gasteiger partial charge in [-0.1, -0.05) is 19.1 Å². The van der Waals surface area contributed by atoms with Gasteiger partial charge in [-0.15, -0.1) is 11.3 Å². The lowest BCUT2D eigenvalue weighted by Crippen LogP contribution is -2.27. The van der Waals surface area contributed by atoms with Crippen LogP contribution in [-0.4, -0.2) is 23.0 Å². The van der Waals surface area contributed by atoms with E-state index < -0.39 is 0 Å². The van der Waals surface area contributed by atoms with Crippen LogP contribution in [0.3, 0.4) is 0 Å². The highest BCUT2D eigenvalue weighted by atomic mass is 32.1. The van der Waals surface area contributed by atoms with Crippen molar-refractivity contribution >= 4 is 16.5 Å². The molecule has 1 aromatic carbocycles. The molecule has 0 bridgehead atoms. The van der Waals surface area contributed by atoms with Gasteiger partial charge in [0.05, 0.1) is 0 Å². The highest BCUT2D eigenvalue weighted by Crippen LogP contribution is 2.35. The zero-order chi connectivity index (χ0) is 14.2. The van der Waals surface area contributed by atoms with E-state index in [2.05, 4.69) is 16.8 Å². The predicted octanol–water partition coefficient (Wildman–Crippen LogP) is 3.03. The van der Waals surface area contributed by atoms with Gasteiger partial charge in [-0.05, 0) is 30.7 Å². The molecule has 3 nitrogen and oxygen atoms in total. The van der Waals surface area contributed by atoms with Crippen molar-refractivity contribution in [3.05, 3.63) is 46.7 Å². The molecule has 2 N–H and O–H groups in total. The van der Waals surface area contributed by atoms with Gasteiger partial charge < -0.3 is 5.73 Å². The zero-order valence-electron chi connectivity index (χ0n) is 11.5. The SMILES string of the molecule is CC1(c2ccc(F)cc2)CCN(Cc2cnc(N)s2)C1. The summed E-state index contributed by atoms with van der Waals surface area (Å²) in [6.07, 6.45) is 2.94. The molecule has 5 heteroatoms. The van der Waals surface area contributed by atoms with Gasteiger partial charge in [0.15, 0.2) is 5.13 Å². The molecule has 0 spiro atoms. The van der Waals surface area contributed by atoms with Gasteiger partial charge in [0.2, 0.25) is 0 Å². The van der Waals surface area contributed by atoms with Crippen LogP contribution in [0.1, 0.15) is 23.8 Å². The van der Waals surface area contributed by atoms with E-state index in [0.717, 1.165) is 26.1 Å². The first-order valence-corrected chi connectivity index (χ1v) is 7.55. The second kappa shape index (κ2) is 5.14. The van der Waals surface area contributed by atoms with Crippen LogP contribution in [0.25, 0.3) is 0 Å². The van der Waals surface area contributed by atoms with E-state index in [4.69, 9.17) is 5.73 Å². The third-order valence-electron chi connectivity index (χ3n) is 4.04. The van der Waals surface area contributed by atoms with Crippen LogP contribution in [0.5, 0.6) is 0 Å². The topological polar surface area (TPSA) is 42.2 Å². The number of nitrogen functional groups attached to an aromatic ring is 1. The second-order valence-electron chi connectivity index (χ2n) is 5.69. The lowest BCUT2D eigenvalue weighted by molar-refractivity contribution is 0.311. The van der Waals surface area contributed by atoms with Crippen molar-refractivity contribution in [2.24, 2.45) is 0 Å². The minimum absolute atomic E-state index is 0.101. The number of nitrogens with zero attached hydrogens (tertiary/aromatic N) is 2. The van der Waals surface area contributed by atoms with E-state index in [-0.39, 0.29) is 11.2 Å². The van der Waals surface area contributed by atoms with Crippen molar-refractivity contribution in [1.29, 1.82) is 0 Å². The molecular weight excluding hydrogens is 273 g/mol. The Morgan fingerprint density at radius 3 is 2.80 bits per heavy atom. The van der Waals surface area contributed by atoms with Gasteiger partial charge in [-0.3, -0.25) is 4.90 Å². The van der Waals surface area contributed by atoms with Gasteiger partial charge in [0, 0.05) is 29.6 Å². The molecule has 0 radical (unpaired) electrons. The van der Waals surface area contributed by atoms with Crippen molar-refractivity contribution in [3.8, 4) is 0 Å². The van der Waals surface area contributed by atoms with Crippen molar-refractivity contribution in [2.45, 2.75) is 25.3 Å². The van der Waals surface area contributed by atoms with E-state index >= 15 is 0 Å². The fraction of sp³-hybridized carbons (Fsp3) is 0.400. The molecule has 3 rings (SSSR count). The zero-order valence-corrected chi connectivity index (χ0v) is 12.3. The van der Waals surface area contributed by atoms with Crippen LogP contribution in [0.4, 0.5) is 9.52 Å². The third kappa shape index (κ3) is 2.69. The number of benzene rings is 1. The smallest absolute Gasteiger partial charge is 0.180 e. The summed E-state index contributed by atoms with van der Waals surface area (Å²) >= 11 is 1.55. The number of thiazole rings is 1. The quantitative estimate of drug-likeness (QED) is 0.945. The number of likely N-dealkylation sites (tertiary alicyclic amines) is 1. The Bertz CT molecular complexity index is 595. The molecule has 2 aromatic rings. The average Bonchev–Trinajstić information content (AvgIpc) is 2.98. The second-order valence-corrected chi connectivity index (χ2v) is 6.84. The predicted molar refractivity (Wildman–Crippen MR) is 80.2 cm³/mol. The highest BCUT2D eigenvalue weighted by molar-refractivity contribution is 7.15. The molecule has 1 unspecified atom stereocenters. The number of halogens is 1. The molecule has 20 heavy (non-hydrogen) atoms. The van der Waals surface area contributed by atoms with Crippen LogP contribution >= 0.6 is 11.3 Å². The van der Waals surface area contributed by atoms with Crippen LogP contribution in [-0.2, 0) is 12.0 Å². The Kier molecular flexibility index (Phi) is 3.48. The van der Waals surface area contributed by atoms with Crippen molar-refractivity contribution in [1.82, 2.24) is 9.88 Å². The first-order chi connectivity index (χ1) is 9.55. The monoisotopic (exact) mass is 291 g/mol. The molecule has 0 saturated carbocycles. The lowest BCUT2D eigenvalue weighted by atomic mass is 9.82. The summed E-state index contributed by atoms with van der Waals surface area (Å²) in [5.41, 5.74) is 6.98. The van der Waals surface area contributed by atoms with Gasteiger partial charge in [0.25, 0.3) is 0 Å². The Balaban J connectivity index is 1.70. The van der Waals surface area contributed by atoms with Crippen LogP contribution in [0, 0.1) is 5.82 Å². The first-order valence-electron chi connectivity index (χ1n) is 6.74. The fourth-order valence-corrected chi connectivity index (χ4v) is 3.62. The lowest BCUT2D eigenvalue weighted by Gasteiger charge is -2.25. The molecule has 0 aliphatic carbocycles. The Morgan fingerprint density at radius 2 is 2.15 bits per heavy atom. The molecule has 1 aliphatic rings. The molecule has 1 aliphatic heterocycles. The maximum Gasteiger partial charge on any atom is 0.180 e. The molecule has 1 aromatic heterocycles. The largest absolute Gasteiger partial charge is 0.375 e. The summed E-state index contributed by atoms with van der Waals surface area (Å²) in [6.45, 7) is 5.18. The van der Waals surface area contributed by atoms with Crippen molar-refractivity contribution < 1.29 is 4.39 Å². The van der Waals surface area contributed by atoms with Gasteiger partial charge in [0.1, 0.15) is 5.82 Å². The van der Waals surface area contributed by atoms with E-state index in [0.29, 0.717) is 5.13 Å². The minimum atomic E-state index is -0.174. The summed E-state index contributed by atoms with van der Waals surface area (Å²) in [5, 5.41) is 0.625. The van der Waals surface area contributed by atoms with Crippen LogP contribution in [0.2, 0.25) is 0 Å². The van der Waals surface area contributed by atoms with Crippen LogP contribution in [0.15, 0.2) is 30.5 Å². The number of aromatic nitrogens is 1. The third-order valence-corrected chi connectivity index (χ3v) is 4.86. The molecule has 0 amide bonds. The summed E-state index contributed by atoms with van der Waals surface area (Å²) in [5.74, 6) is -0.174. The minimum Gasteiger partial charge on any atom is -0.375 e. The summed E-state index contributed by atoms with van der Waals surface area (Å²) < 4.78 is 13.0. The first kappa shape index (κ1) is 13.5. The number of rotatable bonds is 3. The normalized spacial score (nSPS) is 23.3. The Morgan fingerprint density at radius 1 is 1.40 bits per heavy atom. The summed E-state index contributed by atoms with van der Waals surface area (Å²) in [4.78, 5) is 7.70. The molecule has 1 fully saturated rings. The number of nitrogens with two attached hydrogens (primary N) is 1. The molecule has 2 heterocycles. The number of hydrogen-bond donors (Lipinski definition) is 1. The van der Waals surface area contributed by atoms with E-state index in [1.54, 1.807) is 23.5 Å². The molecule has 1 atom stereocenters.